The van der Waals surface area contributed by atoms with E-state index in [4.69, 9.17) is 14.5 Å². The van der Waals surface area contributed by atoms with Crippen LogP contribution in [0.4, 0.5) is 0 Å². The summed E-state index contributed by atoms with van der Waals surface area (Å²) in [7, 11) is 0. The molecule has 0 bridgehead atoms. The van der Waals surface area contributed by atoms with Gasteiger partial charge < -0.3 is 19.1 Å². The Bertz CT molecular complexity index is 2190. The van der Waals surface area contributed by atoms with Crippen molar-refractivity contribution in [1.82, 2.24) is 4.57 Å². The molecule has 0 radical (unpaired) electrons. The third-order valence-corrected chi connectivity index (χ3v) is 7.46. The van der Waals surface area contributed by atoms with Crippen LogP contribution in [-0.4, -0.2) is 45.4 Å². The highest BCUT2D eigenvalue weighted by molar-refractivity contribution is 6.47. The Hall–Kier alpha value is -6.23. The first-order valence-corrected chi connectivity index (χ1v) is 14.9. The minimum Gasteiger partial charge on any atom is -0.318 e. The molecule has 5 aromatic rings. The highest BCUT2D eigenvalue weighted by Gasteiger charge is 2.20. The second-order valence-electron chi connectivity index (χ2n) is 11.0. The Morgan fingerprint density at radius 1 is 0.583 bits per heavy atom. The van der Waals surface area contributed by atoms with Crippen molar-refractivity contribution < 1.29 is 33.7 Å². The third kappa shape index (κ3) is 7.10. The Labute approximate surface area is 276 Å². The largest absolute Gasteiger partial charge is 0.332 e. The lowest BCUT2D eigenvalue weighted by atomic mass is 9.97. The van der Waals surface area contributed by atoms with Gasteiger partial charge in [0.25, 0.3) is 0 Å². The summed E-state index contributed by atoms with van der Waals surface area (Å²) in [5.41, 5.74) is 6.65. The zero-order valence-corrected chi connectivity index (χ0v) is 27.2. The molecule has 0 atom stereocenters. The maximum Gasteiger partial charge on any atom is 0.332 e. The summed E-state index contributed by atoms with van der Waals surface area (Å²) < 4.78 is 2.06. The van der Waals surface area contributed by atoms with Crippen molar-refractivity contribution in [3.63, 3.8) is 0 Å². The van der Waals surface area contributed by atoms with E-state index in [9.17, 15) is 19.2 Å². The number of ketones is 1. The molecule has 0 amide bonds. The van der Waals surface area contributed by atoms with Gasteiger partial charge in [-0.25, -0.2) is 14.4 Å². The number of benzene rings is 4. The first kappa shape index (κ1) is 33.1. The molecular formula is C37H32N4O7. The summed E-state index contributed by atoms with van der Waals surface area (Å²) in [5.74, 6) is -1.88. The molecule has 0 aliphatic carbocycles. The van der Waals surface area contributed by atoms with E-state index < -0.39 is 17.9 Å². The molecule has 0 saturated carbocycles. The highest BCUT2D eigenvalue weighted by Crippen LogP contribution is 2.34. The second kappa shape index (κ2) is 14.0. The number of fused-ring (bicyclic) bond motifs is 3. The topological polar surface area (TPSA) is 138 Å². The zero-order valence-electron chi connectivity index (χ0n) is 27.2. The third-order valence-electron chi connectivity index (χ3n) is 7.46. The molecule has 242 valence electrons. The molecule has 1 aromatic heterocycles. The minimum atomic E-state index is -0.638. The monoisotopic (exact) mass is 644 g/mol. The van der Waals surface area contributed by atoms with Crippen LogP contribution in [0.3, 0.4) is 0 Å². The molecule has 0 aliphatic heterocycles. The lowest BCUT2D eigenvalue weighted by Gasteiger charge is -2.10. The Balaban J connectivity index is 1.72. The number of aromatic nitrogens is 1. The first-order chi connectivity index (χ1) is 22.9. The predicted molar refractivity (Wildman–Crippen MR) is 183 cm³/mol. The molecule has 0 aliphatic rings. The molecule has 0 unspecified atom stereocenters. The molecule has 48 heavy (non-hydrogen) atoms. The van der Waals surface area contributed by atoms with E-state index in [0.29, 0.717) is 22.4 Å². The van der Waals surface area contributed by atoms with Gasteiger partial charge in [-0.15, -0.1) is 0 Å². The molecule has 1 heterocycles. The number of hydrogen-bond donors (Lipinski definition) is 0. The standard InChI is InChI=1S/C37H32N4O7/c1-21-9-7-8-10-31(21)37(45)29-14-18-35-33(20-29)32-19-28(36(40-48-26(6)44)23(3)39-47-25(5)43)13-17-34(32)41(35)30-15-11-27(12-16-30)22(2)38-46-24(4)42/h7-20H,1-6H3/b38-22-,39-23?,40-36?. The van der Waals surface area contributed by atoms with Crippen LogP contribution in [0.1, 0.15) is 67.2 Å². The number of carbonyl (C=O) groups excluding carboxylic acids is 4. The fourth-order valence-corrected chi connectivity index (χ4v) is 5.22. The van der Waals surface area contributed by atoms with E-state index in [2.05, 4.69) is 20.0 Å². The number of aryl methyl sites for hydroxylation is 1. The van der Waals surface area contributed by atoms with Crippen LogP contribution in [0.25, 0.3) is 27.5 Å². The van der Waals surface area contributed by atoms with Gasteiger partial charge >= 0.3 is 17.9 Å². The van der Waals surface area contributed by atoms with Gasteiger partial charge in [0.15, 0.2) is 5.78 Å². The second-order valence-corrected chi connectivity index (χ2v) is 11.0. The quantitative estimate of drug-likeness (QED) is 0.0743. The van der Waals surface area contributed by atoms with Gasteiger partial charge in [0.2, 0.25) is 0 Å². The average molecular weight is 645 g/mol. The molecule has 5 rings (SSSR count). The van der Waals surface area contributed by atoms with Gasteiger partial charge in [0, 0.05) is 53.9 Å². The summed E-state index contributed by atoms with van der Waals surface area (Å²) in [6.07, 6.45) is 0. The van der Waals surface area contributed by atoms with Crippen molar-refractivity contribution >= 4 is 62.6 Å². The number of carbonyl (C=O) groups is 4. The van der Waals surface area contributed by atoms with Crippen LogP contribution in [0.5, 0.6) is 0 Å². The van der Waals surface area contributed by atoms with E-state index in [1.165, 1.54) is 20.8 Å². The zero-order chi connectivity index (χ0) is 34.5. The SMILES string of the molecule is CC(=O)ON=C(C)C(=NOC(C)=O)c1ccc2c(c1)c1cc(C(=O)c3ccccc3C)ccc1n2-c1ccc(/C(C)=N\OC(C)=O)cc1. The van der Waals surface area contributed by atoms with Crippen LogP contribution < -0.4 is 0 Å². The van der Waals surface area contributed by atoms with Gasteiger partial charge in [0.05, 0.1) is 16.7 Å². The molecule has 0 saturated heterocycles. The maximum absolute atomic E-state index is 13.7. The Morgan fingerprint density at radius 3 is 1.71 bits per heavy atom. The molecule has 0 spiro atoms. The molecule has 11 nitrogen and oxygen atoms in total. The Morgan fingerprint density at radius 2 is 1.10 bits per heavy atom. The van der Waals surface area contributed by atoms with E-state index >= 15 is 0 Å². The fraction of sp³-hybridized carbons (Fsp3) is 0.162. The van der Waals surface area contributed by atoms with Crippen molar-refractivity contribution in [2.24, 2.45) is 15.5 Å². The smallest absolute Gasteiger partial charge is 0.318 e. The van der Waals surface area contributed by atoms with Gasteiger partial charge in [0.1, 0.15) is 11.4 Å². The maximum atomic E-state index is 13.7. The number of hydrogen-bond acceptors (Lipinski definition) is 10. The first-order valence-electron chi connectivity index (χ1n) is 14.9. The molecule has 4 aromatic carbocycles. The van der Waals surface area contributed by atoms with Gasteiger partial charge in [-0.1, -0.05) is 57.9 Å². The average Bonchev–Trinajstić information content (AvgIpc) is 3.39. The summed E-state index contributed by atoms with van der Waals surface area (Å²) in [6.45, 7) is 8.94. The Kier molecular flexibility index (Phi) is 9.69. The van der Waals surface area contributed by atoms with E-state index in [-0.39, 0.29) is 17.2 Å². The molecular weight excluding hydrogens is 612 g/mol. The number of nitrogens with zero attached hydrogens (tertiary/aromatic N) is 4. The number of oxime groups is 3. The van der Waals surface area contributed by atoms with Crippen LogP contribution >= 0.6 is 0 Å². The van der Waals surface area contributed by atoms with Crippen molar-refractivity contribution in [3.8, 4) is 5.69 Å². The summed E-state index contributed by atoms with van der Waals surface area (Å²) in [5, 5.41) is 13.3. The van der Waals surface area contributed by atoms with Gasteiger partial charge in [-0.05, 0) is 74.4 Å². The lowest BCUT2D eigenvalue weighted by Crippen LogP contribution is -2.15. The van der Waals surface area contributed by atoms with E-state index in [0.717, 1.165) is 38.6 Å². The van der Waals surface area contributed by atoms with Crippen molar-refractivity contribution in [2.45, 2.75) is 41.5 Å². The van der Waals surface area contributed by atoms with Crippen molar-refractivity contribution in [3.05, 3.63) is 113 Å². The van der Waals surface area contributed by atoms with Crippen LogP contribution in [0.2, 0.25) is 0 Å². The summed E-state index contributed by atoms with van der Waals surface area (Å²) in [4.78, 5) is 62.6. The number of rotatable bonds is 9. The minimum absolute atomic E-state index is 0.111. The van der Waals surface area contributed by atoms with Crippen LogP contribution in [-0.2, 0) is 28.9 Å². The summed E-state index contributed by atoms with van der Waals surface area (Å²) >= 11 is 0. The van der Waals surface area contributed by atoms with Crippen molar-refractivity contribution in [1.29, 1.82) is 0 Å². The van der Waals surface area contributed by atoms with Crippen molar-refractivity contribution in [2.75, 3.05) is 0 Å². The van der Waals surface area contributed by atoms with Gasteiger partial charge in [-0.2, -0.15) is 0 Å². The summed E-state index contributed by atoms with van der Waals surface area (Å²) in [6, 6.07) is 26.1. The molecule has 0 N–H and O–H groups in total. The lowest BCUT2D eigenvalue weighted by molar-refractivity contribution is -0.142. The van der Waals surface area contributed by atoms with Crippen LogP contribution in [0, 0.1) is 6.92 Å². The fourth-order valence-electron chi connectivity index (χ4n) is 5.22. The van der Waals surface area contributed by atoms with Gasteiger partial charge in [-0.3, -0.25) is 4.79 Å². The van der Waals surface area contributed by atoms with E-state index in [1.807, 2.05) is 73.7 Å². The highest BCUT2D eigenvalue weighted by atomic mass is 16.7. The van der Waals surface area contributed by atoms with Crippen LogP contribution in [0.15, 0.2) is 100 Å². The molecule has 0 fully saturated rings. The predicted octanol–water partition coefficient (Wildman–Crippen LogP) is 6.82. The normalized spacial score (nSPS) is 12.2. The molecule has 11 heteroatoms. The van der Waals surface area contributed by atoms with E-state index in [1.54, 1.807) is 32.0 Å².